The van der Waals surface area contributed by atoms with E-state index in [4.69, 9.17) is 26.3 Å². The summed E-state index contributed by atoms with van der Waals surface area (Å²) in [5.74, 6) is 2.19. The molecule has 1 aromatic carbocycles. The van der Waals surface area contributed by atoms with Crippen LogP contribution in [0.5, 0.6) is 5.75 Å². The molecule has 194 valence electrons. The number of anilines is 1. The molecule has 3 aromatic rings. The van der Waals surface area contributed by atoms with E-state index in [0.717, 1.165) is 24.2 Å². The first-order chi connectivity index (χ1) is 17.4. The average molecular weight is 535 g/mol. The van der Waals surface area contributed by atoms with Crippen molar-refractivity contribution in [3.05, 3.63) is 28.8 Å². The summed E-state index contributed by atoms with van der Waals surface area (Å²) < 4.78 is 6.87. The highest BCUT2D eigenvalue weighted by atomic mass is 35.5. The van der Waals surface area contributed by atoms with E-state index in [1.54, 1.807) is 23.6 Å². The first kappa shape index (κ1) is 25.5. The molecule has 2 saturated carbocycles. The van der Waals surface area contributed by atoms with Gasteiger partial charge in [0.05, 0.1) is 24.3 Å². The van der Waals surface area contributed by atoms with Crippen LogP contribution < -0.4 is 10.1 Å². The minimum atomic E-state index is -1.02. The topological polar surface area (TPSA) is 138 Å². The molecule has 0 bridgehead atoms. The van der Waals surface area contributed by atoms with E-state index in [1.807, 2.05) is 18.2 Å². The third kappa shape index (κ3) is 4.87. The molecule has 2 heterocycles. The molecular weight excluding hydrogens is 504 g/mol. The molecular formula is C24H31ClN6O4S. The second-order valence-corrected chi connectivity index (χ2v) is 10.9. The number of aliphatic hydroxyl groups excluding tert-OH is 3. The predicted molar refractivity (Wildman–Crippen MR) is 138 cm³/mol. The van der Waals surface area contributed by atoms with Crippen molar-refractivity contribution in [1.29, 1.82) is 0 Å². The molecule has 5 rings (SSSR count). The highest BCUT2D eigenvalue weighted by molar-refractivity contribution is 7.99. The van der Waals surface area contributed by atoms with Gasteiger partial charge < -0.3 is 25.4 Å². The molecule has 10 nitrogen and oxygen atoms in total. The molecule has 2 unspecified atom stereocenters. The van der Waals surface area contributed by atoms with Crippen molar-refractivity contribution in [2.24, 2.45) is 5.92 Å². The van der Waals surface area contributed by atoms with Gasteiger partial charge in [-0.25, -0.2) is 14.6 Å². The molecule has 36 heavy (non-hydrogen) atoms. The maximum absolute atomic E-state index is 10.7. The number of nitrogens with one attached hydrogen (secondary N) is 1. The maximum Gasteiger partial charge on any atom is 0.191 e. The first-order valence-electron chi connectivity index (χ1n) is 12.3. The van der Waals surface area contributed by atoms with Gasteiger partial charge in [0.15, 0.2) is 22.1 Å². The fourth-order valence-corrected chi connectivity index (χ4v) is 5.96. The third-order valence-electron chi connectivity index (χ3n) is 7.04. The Hall–Kier alpha value is -2.18. The number of benzene rings is 1. The van der Waals surface area contributed by atoms with Gasteiger partial charge in [-0.3, -0.25) is 0 Å². The lowest BCUT2D eigenvalue weighted by atomic mass is 10.0. The lowest BCUT2D eigenvalue weighted by Crippen LogP contribution is -2.30. The molecule has 2 aliphatic carbocycles. The lowest BCUT2D eigenvalue weighted by Gasteiger charge is -2.17. The van der Waals surface area contributed by atoms with E-state index >= 15 is 0 Å². The van der Waals surface area contributed by atoms with E-state index in [-0.39, 0.29) is 24.5 Å². The van der Waals surface area contributed by atoms with Crippen LogP contribution in [-0.2, 0) is 0 Å². The first-order valence-corrected chi connectivity index (χ1v) is 13.6. The predicted octanol–water partition coefficient (Wildman–Crippen LogP) is 3.02. The van der Waals surface area contributed by atoms with Crippen LogP contribution in [0.3, 0.4) is 0 Å². The lowest BCUT2D eigenvalue weighted by molar-refractivity contribution is 0.00107. The molecule has 2 aliphatic rings. The Morgan fingerprint density at radius 1 is 1.22 bits per heavy atom. The molecule has 0 spiro atoms. The van der Waals surface area contributed by atoms with Crippen molar-refractivity contribution < 1.29 is 20.1 Å². The Morgan fingerprint density at radius 3 is 2.78 bits per heavy atom. The number of hydrogen-bond acceptors (Lipinski definition) is 10. The van der Waals surface area contributed by atoms with Crippen LogP contribution in [0, 0.1) is 5.92 Å². The van der Waals surface area contributed by atoms with Gasteiger partial charge >= 0.3 is 0 Å². The summed E-state index contributed by atoms with van der Waals surface area (Å²) in [4.78, 5) is 9.46. The maximum atomic E-state index is 10.7. The van der Waals surface area contributed by atoms with Crippen molar-refractivity contribution in [2.75, 3.05) is 24.8 Å². The molecule has 6 atom stereocenters. The van der Waals surface area contributed by atoms with Crippen LogP contribution in [0.2, 0.25) is 5.02 Å². The SMILES string of the molecule is CCCSc1nc(NC2CC2c2ccc(OC)c(Cl)c2)c2nnn([C@@H]3C[C@H](CCO)[C@@H](O)[C@H]3O)c2n1. The van der Waals surface area contributed by atoms with Crippen LogP contribution >= 0.6 is 23.4 Å². The van der Waals surface area contributed by atoms with Gasteiger partial charge in [-0.15, -0.1) is 5.10 Å². The zero-order valence-electron chi connectivity index (χ0n) is 20.2. The molecule has 4 N–H and O–H groups in total. The fourth-order valence-electron chi connectivity index (χ4n) is 5.00. The second-order valence-electron chi connectivity index (χ2n) is 9.45. The number of rotatable bonds is 10. The van der Waals surface area contributed by atoms with Crippen LogP contribution in [-0.4, -0.2) is 78.0 Å². The quantitative estimate of drug-likeness (QED) is 0.227. The Balaban J connectivity index is 1.43. The largest absolute Gasteiger partial charge is 0.495 e. The van der Waals surface area contributed by atoms with Crippen molar-refractivity contribution in [2.45, 2.75) is 68.0 Å². The fraction of sp³-hybridized carbons (Fsp3) is 0.583. The van der Waals surface area contributed by atoms with Gasteiger partial charge in [-0.1, -0.05) is 41.6 Å². The summed E-state index contributed by atoms with van der Waals surface area (Å²) >= 11 is 7.89. The molecule has 0 saturated heterocycles. The second kappa shape index (κ2) is 10.7. The number of halogens is 1. The van der Waals surface area contributed by atoms with Crippen LogP contribution in [0.4, 0.5) is 5.82 Å². The van der Waals surface area contributed by atoms with E-state index < -0.39 is 18.2 Å². The minimum absolute atomic E-state index is 0.0464. The highest BCUT2D eigenvalue weighted by Crippen LogP contribution is 2.45. The van der Waals surface area contributed by atoms with E-state index in [9.17, 15) is 15.3 Å². The summed E-state index contributed by atoms with van der Waals surface area (Å²) in [6.07, 6.45) is 0.852. The number of fused-ring (bicyclic) bond motifs is 1. The molecule has 0 radical (unpaired) electrons. The van der Waals surface area contributed by atoms with E-state index in [2.05, 4.69) is 22.6 Å². The summed E-state index contributed by atoms with van der Waals surface area (Å²) in [6, 6.07) is 5.53. The number of methoxy groups -OCH3 is 1. The summed E-state index contributed by atoms with van der Waals surface area (Å²) in [5.41, 5.74) is 2.18. The van der Waals surface area contributed by atoms with Crippen molar-refractivity contribution >= 4 is 40.3 Å². The summed E-state index contributed by atoms with van der Waals surface area (Å²) in [7, 11) is 1.60. The van der Waals surface area contributed by atoms with Gasteiger partial charge in [0.25, 0.3) is 0 Å². The number of aliphatic hydroxyl groups is 3. The third-order valence-corrected chi connectivity index (χ3v) is 8.39. The van der Waals surface area contributed by atoms with Gasteiger partial charge in [0.2, 0.25) is 0 Å². The Morgan fingerprint density at radius 2 is 2.06 bits per heavy atom. The number of ether oxygens (including phenoxy) is 1. The van der Waals surface area contributed by atoms with Gasteiger partial charge in [-0.2, -0.15) is 0 Å². The zero-order valence-corrected chi connectivity index (χ0v) is 21.8. The van der Waals surface area contributed by atoms with Crippen LogP contribution in [0.25, 0.3) is 11.2 Å². The molecule has 0 aliphatic heterocycles. The Kier molecular flexibility index (Phi) is 7.55. The summed E-state index contributed by atoms with van der Waals surface area (Å²) in [5, 5.41) is 44.0. The Labute approximate surface area is 218 Å². The standard InChI is InChI=1S/C24H31ClN6O4S/c1-3-8-36-24-27-22(26-16-11-14(16)12-4-5-18(35-2)15(25)9-12)19-23(28-24)31(30-29-19)17-10-13(6-7-32)20(33)21(17)34/h4-5,9,13-14,16-17,20-21,32-34H,3,6-8,10-11H2,1-2H3,(H,26,27,28)/t13-,14?,16?,17+,20+,21-/m0/s1. The molecule has 0 amide bonds. The van der Waals surface area contributed by atoms with Crippen LogP contribution in [0.15, 0.2) is 23.4 Å². The van der Waals surface area contributed by atoms with Gasteiger partial charge in [-0.05, 0) is 49.3 Å². The van der Waals surface area contributed by atoms with Crippen molar-refractivity contribution in [1.82, 2.24) is 25.0 Å². The van der Waals surface area contributed by atoms with Crippen molar-refractivity contribution in [3.63, 3.8) is 0 Å². The van der Waals surface area contributed by atoms with Crippen LogP contribution in [0.1, 0.15) is 50.1 Å². The normalized spacial score (nSPS) is 27.5. The smallest absolute Gasteiger partial charge is 0.191 e. The van der Waals surface area contributed by atoms with E-state index in [1.165, 1.54) is 0 Å². The molecule has 2 aromatic heterocycles. The minimum Gasteiger partial charge on any atom is -0.495 e. The number of hydrogen-bond donors (Lipinski definition) is 4. The summed E-state index contributed by atoms with van der Waals surface area (Å²) in [6.45, 7) is 2.05. The zero-order chi connectivity index (χ0) is 25.4. The number of aromatic nitrogens is 5. The van der Waals surface area contributed by atoms with Crippen molar-refractivity contribution in [3.8, 4) is 5.75 Å². The van der Waals surface area contributed by atoms with Gasteiger partial charge in [0.1, 0.15) is 11.9 Å². The highest BCUT2D eigenvalue weighted by Gasteiger charge is 2.44. The number of thioether (sulfide) groups is 1. The molecule has 12 heteroatoms. The number of nitrogens with zero attached hydrogens (tertiary/aromatic N) is 5. The average Bonchev–Trinajstić information content (AvgIpc) is 3.42. The Bertz CT molecular complexity index is 1230. The van der Waals surface area contributed by atoms with E-state index in [0.29, 0.717) is 45.8 Å². The van der Waals surface area contributed by atoms with Gasteiger partial charge in [0, 0.05) is 24.3 Å². The molecule has 2 fully saturated rings. The monoisotopic (exact) mass is 534 g/mol.